The summed E-state index contributed by atoms with van der Waals surface area (Å²) in [5.41, 5.74) is 3.40. The maximum atomic E-state index is 12.9. The number of halogens is 1. The molecule has 1 aliphatic heterocycles. The number of aliphatic hydroxyl groups excluding tert-OH is 1. The fourth-order valence-electron chi connectivity index (χ4n) is 3.57. The summed E-state index contributed by atoms with van der Waals surface area (Å²) in [6, 6.07) is 11.4. The van der Waals surface area contributed by atoms with Crippen LogP contribution in [0.1, 0.15) is 27.9 Å². The summed E-state index contributed by atoms with van der Waals surface area (Å²) >= 11 is 11.6. The quantitative estimate of drug-likeness (QED) is 0.575. The van der Waals surface area contributed by atoms with E-state index in [-0.39, 0.29) is 12.5 Å². The highest BCUT2D eigenvalue weighted by molar-refractivity contribution is 7.71. The number of nitrogens with zero attached hydrogens (tertiary/aromatic N) is 1. The summed E-state index contributed by atoms with van der Waals surface area (Å²) in [5, 5.41) is 13.6. The summed E-state index contributed by atoms with van der Waals surface area (Å²) < 4.78 is 8.40. The Balaban J connectivity index is 1.69. The number of nitrogens with one attached hydrogen (secondary N) is 1. The first-order valence-corrected chi connectivity index (χ1v) is 10.3. The molecule has 1 aromatic heterocycles. The zero-order valence-electron chi connectivity index (χ0n) is 15.8. The molecule has 0 aliphatic carbocycles. The Hall–Kier alpha value is -2.41. The third-order valence-corrected chi connectivity index (χ3v) is 5.71. The number of amides is 1. The molecule has 2 N–H and O–H groups in total. The predicted octanol–water partition coefficient (Wildman–Crippen LogP) is 4.27. The van der Waals surface area contributed by atoms with Crippen molar-refractivity contribution < 1.29 is 14.6 Å². The SMILES string of the molecule is O=C(NCc1ccc(Cl)cc1)c1cn2c3c(cc(CCCO)cc3c1=S)OCC2. The lowest BCUT2D eigenvalue weighted by atomic mass is 10.0. The van der Waals surface area contributed by atoms with Crippen LogP contribution in [0.25, 0.3) is 10.9 Å². The van der Waals surface area contributed by atoms with Crippen LogP contribution in [0.4, 0.5) is 0 Å². The van der Waals surface area contributed by atoms with Gasteiger partial charge in [0.1, 0.15) is 12.4 Å². The molecule has 0 radical (unpaired) electrons. The van der Waals surface area contributed by atoms with E-state index in [1.165, 1.54) is 0 Å². The highest BCUT2D eigenvalue weighted by Gasteiger charge is 2.19. The first kappa shape index (κ1) is 19.9. The van der Waals surface area contributed by atoms with Gasteiger partial charge in [0.15, 0.2) is 0 Å². The van der Waals surface area contributed by atoms with Crippen molar-refractivity contribution in [2.24, 2.45) is 0 Å². The van der Waals surface area contributed by atoms with Gasteiger partial charge in [0.2, 0.25) is 0 Å². The third kappa shape index (κ3) is 4.15. The van der Waals surface area contributed by atoms with Gasteiger partial charge in [-0.1, -0.05) is 36.0 Å². The number of hydrogen-bond acceptors (Lipinski definition) is 4. The Morgan fingerprint density at radius 3 is 2.79 bits per heavy atom. The van der Waals surface area contributed by atoms with E-state index in [0.717, 1.165) is 34.2 Å². The van der Waals surface area contributed by atoms with Crippen LogP contribution in [0.5, 0.6) is 5.75 Å². The van der Waals surface area contributed by atoms with E-state index in [4.69, 9.17) is 33.7 Å². The zero-order valence-corrected chi connectivity index (χ0v) is 17.4. The molecule has 0 saturated heterocycles. The van der Waals surface area contributed by atoms with Crippen molar-refractivity contribution in [3.8, 4) is 5.75 Å². The number of hydrogen-bond donors (Lipinski definition) is 2. The van der Waals surface area contributed by atoms with Crippen molar-refractivity contribution >= 4 is 40.6 Å². The van der Waals surface area contributed by atoms with Crippen LogP contribution < -0.4 is 10.1 Å². The number of pyridine rings is 1. The Labute approximate surface area is 178 Å². The molecule has 0 spiro atoms. The standard InChI is InChI=1S/C22H21ClN2O3S/c23-16-5-3-14(4-6-16)12-24-22(27)18-13-25-7-9-28-19-11-15(2-1-8-26)10-17(20(19)25)21(18)29/h3-6,10-11,13,26H,1-2,7-9,12H2,(H,24,27). The average Bonchev–Trinajstić information content (AvgIpc) is 2.74. The number of carbonyl (C=O) groups excluding carboxylic acids is 1. The number of aliphatic hydroxyl groups is 1. The lowest BCUT2D eigenvalue weighted by Crippen LogP contribution is -2.25. The molecular formula is C22H21ClN2O3S. The van der Waals surface area contributed by atoms with Gasteiger partial charge in [0.25, 0.3) is 5.91 Å². The first-order chi connectivity index (χ1) is 14.1. The molecule has 29 heavy (non-hydrogen) atoms. The lowest BCUT2D eigenvalue weighted by molar-refractivity contribution is 0.0949. The summed E-state index contributed by atoms with van der Waals surface area (Å²) in [6.07, 6.45) is 3.21. The van der Waals surface area contributed by atoms with E-state index < -0.39 is 0 Å². The molecule has 0 atom stereocenters. The molecule has 4 rings (SSSR count). The Morgan fingerprint density at radius 1 is 1.24 bits per heavy atom. The minimum absolute atomic E-state index is 0.127. The summed E-state index contributed by atoms with van der Waals surface area (Å²) in [7, 11) is 0. The maximum Gasteiger partial charge on any atom is 0.254 e. The van der Waals surface area contributed by atoms with Gasteiger partial charge >= 0.3 is 0 Å². The molecule has 150 valence electrons. The number of benzene rings is 2. The molecule has 0 bridgehead atoms. The van der Waals surface area contributed by atoms with Crippen LogP contribution in [-0.2, 0) is 19.5 Å². The van der Waals surface area contributed by atoms with Gasteiger partial charge in [-0.05, 0) is 48.2 Å². The van der Waals surface area contributed by atoms with Crippen molar-refractivity contribution in [1.29, 1.82) is 0 Å². The number of carbonyl (C=O) groups is 1. The van der Waals surface area contributed by atoms with Crippen molar-refractivity contribution in [1.82, 2.24) is 9.88 Å². The molecule has 7 heteroatoms. The summed E-state index contributed by atoms with van der Waals surface area (Å²) in [5.74, 6) is 0.574. The van der Waals surface area contributed by atoms with Crippen molar-refractivity contribution in [2.75, 3.05) is 13.2 Å². The summed E-state index contributed by atoms with van der Waals surface area (Å²) in [6.45, 7) is 1.72. The lowest BCUT2D eigenvalue weighted by Gasteiger charge is -2.23. The number of aromatic nitrogens is 1. The van der Waals surface area contributed by atoms with Gasteiger partial charge in [0.05, 0.1) is 22.1 Å². The smallest absolute Gasteiger partial charge is 0.254 e. The highest BCUT2D eigenvalue weighted by atomic mass is 35.5. The molecule has 2 heterocycles. The molecule has 5 nitrogen and oxygen atoms in total. The van der Waals surface area contributed by atoms with Crippen LogP contribution in [0.2, 0.25) is 5.02 Å². The molecule has 1 aliphatic rings. The van der Waals surface area contributed by atoms with Gasteiger partial charge in [-0.25, -0.2) is 0 Å². The minimum Gasteiger partial charge on any atom is -0.490 e. The fourth-order valence-corrected chi connectivity index (χ4v) is 3.99. The van der Waals surface area contributed by atoms with Crippen molar-refractivity contribution in [2.45, 2.75) is 25.9 Å². The highest BCUT2D eigenvalue weighted by Crippen LogP contribution is 2.33. The normalized spacial score (nSPS) is 12.6. The van der Waals surface area contributed by atoms with Crippen LogP contribution in [0.3, 0.4) is 0 Å². The first-order valence-electron chi connectivity index (χ1n) is 9.53. The van der Waals surface area contributed by atoms with Gasteiger partial charge in [-0.3, -0.25) is 4.79 Å². The van der Waals surface area contributed by atoms with Crippen LogP contribution in [0, 0.1) is 4.51 Å². The van der Waals surface area contributed by atoms with Gasteiger partial charge < -0.3 is 19.7 Å². The van der Waals surface area contributed by atoms with Crippen molar-refractivity contribution in [3.63, 3.8) is 0 Å². The molecule has 0 fully saturated rings. The summed E-state index contributed by atoms with van der Waals surface area (Å²) in [4.78, 5) is 12.9. The van der Waals surface area contributed by atoms with Crippen LogP contribution in [-0.4, -0.2) is 28.8 Å². The molecule has 2 aromatic carbocycles. The molecule has 0 unspecified atom stereocenters. The monoisotopic (exact) mass is 428 g/mol. The van der Waals surface area contributed by atoms with E-state index in [0.29, 0.717) is 41.2 Å². The van der Waals surface area contributed by atoms with E-state index in [1.54, 1.807) is 12.1 Å². The second kappa shape index (κ2) is 8.53. The van der Waals surface area contributed by atoms with Crippen LogP contribution >= 0.6 is 23.8 Å². The van der Waals surface area contributed by atoms with E-state index >= 15 is 0 Å². The van der Waals surface area contributed by atoms with E-state index in [2.05, 4.69) is 5.32 Å². The fraction of sp³-hybridized carbons (Fsp3) is 0.273. The van der Waals surface area contributed by atoms with Crippen LogP contribution in [0.15, 0.2) is 42.6 Å². The minimum atomic E-state index is -0.204. The maximum absolute atomic E-state index is 12.9. The van der Waals surface area contributed by atoms with E-state index in [1.807, 2.05) is 35.0 Å². The van der Waals surface area contributed by atoms with Gasteiger partial charge in [-0.2, -0.15) is 0 Å². The van der Waals surface area contributed by atoms with E-state index in [9.17, 15) is 4.79 Å². The second-order valence-corrected chi connectivity index (χ2v) is 7.88. The average molecular weight is 429 g/mol. The molecule has 3 aromatic rings. The largest absolute Gasteiger partial charge is 0.490 e. The Bertz CT molecular complexity index is 1130. The number of ether oxygens (including phenoxy) is 1. The van der Waals surface area contributed by atoms with Gasteiger partial charge in [0, 0.05) is 29.8 Å². The second-order valence-electron chi connectivity index (χ2n) is 7.04. The Morgan fingerprint density at radius 2 is 2.03 bits per heavy atom. The number of aryl methyl sites for hydroxylation is 1. The van der Waals surface area contributed by atoms with Crippen molar-refractivity contribution in [3.05, 3.63) is 68.8 Å². The Kier molecular flexibility index (Phi) is 5.85. The molecule has 1 amide bonds. The molecule has 0 saturated carbocycles. The third-order valence-electron chi connectivity index (χ3n) is 5.02. The molecular weight excluding hydrogens is 408 g/mol. The number of rotatable bonds is 6. The predicted molar refractivity (Wildman–Crippen MR) is 116 cm³/mol. The topological polar surface area (TPSA) is 63.5 Å². The van der Waals surface area contributed by atoms with Gasteiger partial charge in [-0.15, -0.1) is 0 Å². The zero-order chi connectivity index (χ0) is 20.4.